The molecule has 0 aromatic heterocycles. The van der Waals surface area contributed by atoms with E-state index in [1.807, 2.05) is 7.05 Å². The number of sulfonamides is 1. The number of carbonyl (C=O) groups excluding carboxylic acids is 1. The fourth-order valence-corrected chi connectivity index (χ4v) is 3.90. The van der Waals surface area contributed by atoms with Crippen LogP contribution in [0.3, 0.4) is 0 Å². The van der Waals surface area contributed by atoms with Crippen molar-refractivity contribution < 1.29 is 13.2 Å². The number of piperidine rings is 1. The van der Waals surface area contributed by atoms with Crippen LogP contribution in [0.1, 0.15) is 31.2 Å². The molecule has 1 aromatic carbocycles. The van der Waals surface area contributed by atoms with Gasteiger partial charge in [0.15, 0.2) is 0 Å². The number of halogens is 1. The summed E-state index contributed by atoms with van der Waals surface area (Å²) in [6.45, 7) is 4.60. The number of primary sulfonamides is 1. The molecule has 0 saturated carbocycles. The van der Waals surface area contributed by atoms with Crippen LogP contribution in [0.5, 0.6) is 0 Å². The third-order valence-electron chi connectivity index (χ3n) is 5.15. The van der Waals surface area contributed by atoms with Crippen molar-refractivity contribution in [2.75, 3.05) is 39.8 Å². The molecule has 4 N–H and O–H groups in total. The molecule has 9 heteroatoms. The minimum atomic E-state index is -3.66. The zero-order valence-corrected chi connectivity index (χ0v) is 18.2. The first-order chi connectivity index (χ1) is 12.9. The van der Waals surface area contributed by atoms with Crippen molar-refractivity contribution in [2.24, 2.45) is 11.1 Å². The van der Waals surface area contributed by atoms with Crippen molar-refractivity contribution in [3.05, 3.63) is 29.8 Å². The molecule has 7 nitrogen and oxygen atoms in total. The number of amides is 1. The van der Waals surface area contributed by atoms with Gasteiger partial charge in [0.1, 0.15) is 0 Å². The van der Waals surface area contributed by atoms with Gasteiger partial charge < -0.3 is 15.5 Å². The van der Waals surface area contributed by atoms with E-state index in [0.717, 1.165) is 37.7 Å². The van der Waals surface area contributed by atoms with Crippen LogP contribution in [0.25, 0.3) is 0 Å². The molecule has 160 valence electrons. The highest BCUT2D eigenvalue weighted by molar-refractivity contribution is 7.89. The minimum Gasteiger partial charge on any atom is -0.356 e. The van der Waals surface area contributed by atoms with Gasteiger partial charge in [-0.2, -0.15) is 0 Å². The number of hydrogen-bond donors (Lipinski definition) is 3. The fourth-order valence-electron chi connectivity index (χ4n) is 3.39. The van der Waals surface area contributed by atoms with E-state index in [1.165, 1.54) is 31.4 Å². The van der Waals surface area contributed by atoms with Crippen molar-refractivity contribution in [1.29, 1.82) is 0 Å². The van der Waals surface area contributed by atoms with Gasteiger partial charge in [0, 0.05) is 19.5 Å². The molecule has 1 amide bonds. The summed E-state index contributed by atoms with van der Waals surface area (Å²) >= 11 is 0. The van der Waals surface area contributed by atoms with Crippen molar-refractivity contribution >= 4 is 28.3 Å². The van der Waals surface area contributed by atoms with Crippen LogP contribution in [-0.2, 0) is 21.2 Å². The Morgan fingerprint density at radius 1 is 1.18 bits per heavy atom. The van der Waals surface area contributed by atoms with Gasteiger partial charge in [0.25, 0.3) is 0 Å². The largest absolute Gasteiger partial charge is 0.356 e. The van der Waals surface area contributed by atoms with E-state index >= 15 is 0 Å². The standard InChI is InChI=1S/C19H32N4O3S.ClH/c1-21-11-6-17-8-13-23(14-9-17)15-10-19(24)22-12-7-16-2-4-18(5-3-16)27(20,25)26;/h2-5,17,21H,6-15H2,1H3,(H,22,24)(H2,20,25,26);1H. The monoisotopic (exact) mass is 432 g/mol. The molecule has 1 saturated heterocycles. The van der Waals surface area contributed by atoms with Crippen molar-refractivity contribution in [1.82, 2.24) is 15.5 Å². The molecule has 0 spiro atoms. The fraction of sp³-hybridized carbons (Fsp3) is 0.632. The second-order valence-electron chi connectivity index (χ2n) is 7.22. The first kappa shape index (κ1) is 24.8. The van der Waals surface area contributed by atoms with Gasteiger partial charge in [0.2, 0.25) is 15.9 Å². The van der Waals surface area contributed by atoms with E-state index in [2.05, 4.69) is 15.5 Å². The molecule has 2 rings (SSSR count). The second-order valence-corrected chi connectivity index (χ2v) is 8.78. The molecule has 0 aliphatic carbocycles. The first-order valence-electron chi connectivity index (χ1n) is 9.64. The van der Waals surface area contributed by atoms with Crippen LogP contribution in [-0.4, -0.2) is 59.0 Å². The van der Waals surface area contributed by atoms with Crippen molar-refractivity contribution in [3.63, 3.8) is 0 Å². The zero-order valence-electron chi connectivity index (χ0n) is 16.5. The lowest BCUT2D eigenvalue weighted by molar-refractivity contribution is -0.121. The Bertz CT molecular complexity index is 690. The Labute approximate surface area is 174 Å². The summed E-state index contributed by atoms with van der Waals surface area (Å²) in [6.07, 6.45) is 4.86. The summed E-state index contributed by atoms with van der Waals surface area (Å²) in [5, 5.41) is 11.2. The quantitative estimate of drug-likeness (QED) is 0.514. The second kappa shape index (κ2) is 12.4. The third-order valence-corrected chi connectivity index (χ3v) is 6.08. The molecule has 0 unspecified atom stereocenters. The van der Waals surface area contributed by atoms with E-state index in [-0.39, 0.29) is 23.2 Å². The number of nitrogens with one attached hydrogen (secondary N) is 2. The third kappa shape index (κ3) is 8.87. The maximum absolute atomic E-state index is 12.0. The summed E-state index contributed by atoms with van der Waals surface area (Å²) in [6, 6.07) is 6.44. The summed E-state index contributed by atoms with van der Waals surface area (Å²) in [5.41, 5.74) is 0.964. The highest BCUT2D eigenvalue weighted by Gasteiger charge is 2.19. The highest BCUT2D eigenvalue weighted by Crippen LogP contribution is 2.19. The maximum atomic E-state index is 12.0. The van der Waals surface area contributed by atoms with Gasteiger partial charge in [-0.3, -0.25) is 4.79 Å². The minimum absolute atomic E-state index is 0. The number of hydrogen-bond acceptors (Lipinski definition) is 5. The Balaban J connectivity index is 0.00000392. The smallest absolute Gasteiger partial charge is 0.238 e. The average molecular weight is 433 g/mol. The molecular weight excluding hydrogens is 400 g/mol. The molecule has 1 heterocycles. The maximum Gasteiger partial charge on any atom is 0.238 e. The summed E-state index contributed by atoms with van der Waals surface area (Å²) in [7, 11) is -1.66. The lowest BCUT2D eigenvalue weighted by Crippen LogP contribution is -2.37. The van der Waals surface area contributed by atoms with Crippen molar-refractivity contribution in [2.45, 2.75) is 37.0 Å². The molecule has 1 fully saturated rings. The number of benzene rings is 1. The predicted octanol–water partition coefficient (Wildman–Crippen LogP) is 1.13. The first-order valence-corrected chi connectivity index (χ1v) is 11.2. The predicted molar refractivity (Wildman–Crippen MR) is 114 cm³/mol. The van der Waals surface area contributed by atoms with E-state index in [1.54, 1.807) is 12.1 Å². The lowest BCUT2D eigenvalue weighted by Gasteiger charge is -2.31. The summed E-state index contributed by atoms with van der Waals surface area (Å²) < 4.78 is 22.5. The lowest BCUT2D eigenvalue weighted by atomic mass is 9.93. The SMILES string of the molecule is CNCCC1CCN(CCC(=O)NCCc2ccc(S(N)(=O)=O)cc2)CC1.Cl. The molecule has 1 aliphatic rings. The topological polar surface area (TPSA) is 105 Å². The number of rotatable bonds is 10. The molecular formula is C19H33ClN4O3S. The van der Waals surface area contributed by atoms with E-state index in [4.69, 9.17) is 5.14 Å². The number of likely N-dealkylation sites (tertiary alicyclic amines) is 1. The van der Waals surface area contributed by atoms with E-state index in [9.17, 15) is 13.2 Å². The van der Waals surface area contributed by atoms with Crippen LogP contribution in [0.15, 0.2) is 29.2 Å². The zero-order chi connectivity index (χ0) is 19.7. The van der Waals surface area contributed by atoms with Crippen LogP contribution >= 0.6 is 12.4 Å². The van der Waals surface area contributed by atoms with E-state index in [0.29, 0.717) is 19.4 Å². The molecule has 1 aliphatic heterocycles. The Kier molecular flexibility index (Phi) is 11.0. The molecule has 1 aromatic rings. The Morgan fingerprint density at radius 3 is 2.39 bits per heavy atom. The molecule has 28 heavy (non-hydrogen) atoms. The van der Waals surface area contributed by atoms with Gasteiger partial charge in [-0.15, -0.1) is 12.4 Å². The molecule has 0 radical (unpaired) electrons. The van der Waals surface area contributed by atoms with Gasteiger partial charge in [-0.05, 0) is 76.0 Å². The van der Waals surface area contributed by atoms with Crippen LogP contribution in [0.2, 0.25) is 0 Å². The van der Waals surface area contributed by atoms with Gasteiger partial charge in [-0.25, -0.2) is 13.6 Å². The Hall–Kier alpha value is -1.19. The number of carbonyl (C=O) groups is 1. The van der Waals surface area contributed by atoms with Gasteiger partial charge >= 0.3 is 0 Å². The van der Waals surface area contributed by atoms with Gasteiger partial charge in [0.05, 0.1) is 4.90 Å². The van der Waals surface area contributed by atoms with Crippen LogP contribution < -0.4 is 15.8 Å². The molecule has 0 atom stereocenters. The van der Waals surface area contributed by atoms with Crippen LogP contribution in [0, 0.1) is 5.92 Å². The normalized spacial score (nSPS) is 15.8. The number of nitrogens with zero attached hydrogens (tertiary/aromatic N) is 1. The summed E-state index contributed by atoms with van der Waals surface area (Å²) in [5.74, 6) is 0.872. The average Bonchev–Trinajstić information content (AvgIpc) is 2.65. The molecule has 0 bridgehead atoms. The van der Waals surface area contributed by atoms with Crippen molar-refractivity contribution in [3.8, 4) is 0 Å². The highest BCUT2D eigenvalue weighted by atomic mass is 35.5. The van der Waals surface area contributed by atoms with Crippen LogP contribution in [0.4, 0.5) is 0 Å². The Morgan fingerprint density at radius 2 is 1.82 bits per heavy atom. The summed E-state index contributed by atoms with van der Waals surface area (Å²) in [4.78, 5) is 14.5. The van der Waals surface area contributed by atoms with Gasteiger partial charge in [-0.1, -0.05) is 12.1 Å². The van der Waals surface area contributed by atoms with E-state index < -0.39 is 10.0 Å². The number of nitrogens with two attached hydrogens (primary N) is 1.